The van der Waals surface area contributed by atoms with Crippen LogP contribution in [0.2, 0.25) is 0 Å². The summed E-state index contributed by atoms with van der Waals surface area (Å²) in [6.07, 6.45) is 0. The molecule has 9 heteroatoms. The summed E-state index contributed by atoms with van der Waals surface area (Å²) >= 11 is 1.15. The van der Waals surface area contributed by atoms with E-state index in [1.165, 1.54) is 4.57 Å². The van der Waals surface area contributed by atoms with Crippen molar-refractivity contribution in [3.8, 4) is 5.75 Å². The number of thiazole rings is 1. The Morgan fingerprint density at radius 3 is 2.59 bits per heavy atom. The number of anilines is 2. The molecule has 0 bridgehead atoms. The molecule has 2 aliphatic rings. The summed E-state index contributed by atoms with van der Waals surface area (Å²) in [5.74, 6) is -0.112. The van der Waals surface area contributed by atoms with Crippen molar-refractivity contribution in [2.75, 3.05) is 17.7 Å². The molecule has 4 aromatic rings. The minimum Gasteiger partial charge on any atom is -0.497 e. The van der Waals surface area contributed by atoms with Crippen LogP contribution < -0.4 is 30.3 Å². The lowest BCUT2D eigenvalue weighted by Gasteiger charge is -2.25. The van der Waals surface area contributed by atoms with Gasteiger partial charge in [-0.05, 0) is 55.8 Å². The second kappa shape index (κ2) is 9.52. The summed E-state index contributed by atoms with van der Waals surface area (Å²) in [4.78, 5) is 46.0. The van der Waals surface area contributed by atoms with Crippen LogP contribution in [-0.4, -0.2) is 23.5 Å². The highest BCUT2D eigenvalue weighted by Crippen LogP contribution is 2.34. The highest BCUT2D eigenvalue weighted by molar-refractivity contribution is 7.07. The van der Waals surface area contributed by atoms with Crippen molar-refractivity contribution >= 4 is 40.1 Å². The van der Waals surface area contributed by atoms with Crippen molar-refractivity contribution in [1.29, 1.82) is 0 Å². The Balaban J connectivity index is 1.60. The monoisotopic (exact) mass is 536 g/mol. The van der Waals surface area contributed by atoms with Crippen LogP contribution in [0.15, 0.2) is 93.9 Å². The Kier molecular flexibility index (Phi) is 6.00. The molecule has 3 heterocycles. The first-order valence-electron chi connectivity index (χ1n) is 12.3. The number of para-hydroxylation sites is 1. The normalized spacial score (nSPS) is 17.2. The molecular weight excluding hydrogens is 512 g/mol. The fraction of sp³-hybridized carbons (Fsp3) is 0.133. The zero-order valence-corrected chi connectivity index (χ0v) is 22.3. The Morgan fingerprint density at radius 1 is 1.03 bits per heavy atom. The van der Waals surface area contributed by atoms with Crippen molar-refractivity contribution in [1.82, 2.24) is 4.57 Å². The van der Waals surface area contributed by atoms with E-state index in [1.54, 1.807) is 38.3 Å². The molecule has 0 unspecified atom stereocenters. The molecule has 0 saturated carbocycles. The quantitative estimate of drug-likeness (QED) is 0.417. The van der Waals surface area contributed by atoms with E-state index in [4.69, 9.17) is 4.74 Å². The fourth-order valence-electron chi connectivity index (χ4n) is 5.02. The molecule has 0 fully saturated rings. The molecule has 0 radical (unpaired) electrons. The number of aromatic nitrogens is 1. The predicted octanol–water partition coefficient (Wildman–Crippen LogP) is 3.51. The lowest BCUT2D eigenvalue weighted by Crippen LogP contribution is -2.41. The van der Waals surface area contributed by atoms with Crippen LogP contribution in [0.25, 0.3) is 5.57 Å². The molecular formula is C30H24N4O4S. The van der Waals surface area contributed by atoms with Gasteiger partial charge in [0.2, 0.25) is 0 Å². The number of carbonyl (C=O) groups is 2. The van der Waals surface area contributed by atoms with Crippen molar-refractivity contribution in [3.05, 3.63) is 120 Å². The maximum Gasteiger partial charge on any atom is 0.271 e. The van der Waals surface area contributed by atoms with E-state index in [0.29, 0.717) is 49.9 Å². The van der Waals surface area contributed by atoms with Crippen LogP contribution in [0.3, 0.4) is 0 Å². The van der Waals surface area contributed by atoms with Gasteiger partial charge in [-0.1, -0.05) is 53.3 Å². The van der Waals surface area contributed by atoms with Crippen molar-refractivity contribution in [2.24, 2.45) is 4.99 Å². The summed E-state index contributed by atoms with van der Waals surface area (Å²) in [5, 5.41) is 5.80. The summed E-state index contributed by atoms with van der Waals surface area (Å²) in [6.45, 7) is 3.70. The number of hydrogen-bond acceptors (Lipinski definition) is 6. The van der Waals surface area contributed by atoms with E-state index in [9.17, 15) is 14.4 Å². The Labute approximate surface area is 227 Å². The number of fused-ring (bicyclic) bond motifs is 2. The number of hydrogen-bond donors (Lipinski definition) is 2. The van der Waals surface area contributed by atoms with Crippen molar-refractivity contribution in [2.45, 2.75) is 19.9 Å². The van der Waals surface area contributed by atoms with E-state index >= 15 is 0 Å². The third kappa shape index (κ3) is 4.17. The van der Waals surface area contributed by atoms with Crippen LogP contribution in [0.4, 0.5) is 11.4 Å². The molecule has 2 aliphatic heterocycles. The molecule has 3 aromatic carbocycles. The van der Waals surface area contributed by atoms with Crippen LogP contribution in [-0.2, 0) is 9.59 Å². The van der Waals surface area contributed by atoms with Gasteiger partial charge in [-0.3, -0.25) is 19.0 Å². The van der Waals surface area contributed by atoms with Crippen molar-refractivity contribution in [3.63, 3.8) is 0 Å². The predicted molar refractivity (Wildman–Crippen MR) is 151 cm³/mol. The SMILES string of the molecule is COc1cccc([C@@H]2C(C(=O)Nc3ccccc3)=C(C)N=c3s/c(=C4\C(=O)Nc5ccc(C)cc54)c(=O)n32)c1. The Bertz CT molecular complexity index is 1890. The molecule has 6 rings (SSSR count). The molecule has 2 amide bonds. The van der Waals surface area contributed by atoms with E-state index < -0.39 is 6.04 Å². The van der Waals surface area contributed by atoms with Gasteiger partial charge >= 0.3 is 0 Å². The number of nitrogens with zero attached hydrogens (tertiary/aromatic N) is 2. The van der Waals surface area contributed by atoms with E-state index in [0.717, 1.165) is 16.9 Å². The maximum absolute atomic E-state index is 14.1. The van der Waals surface area contributed by atoms with Gasteiger partial charge in [-0.2, -0.15) is 0 Å². The van der Waals surface area contributed by atoms with Gasteiger partial charge in [-0.15, -0.1) is 0 Å². The second-order valence-corrected chi connectivity index (χ2v) is 10.4. The molecule has 1 atom stereocenters. The average Bonchev–Trinajstić information content (AvgIpc) is 3.42. The third-order valence-corrected chi connectivity index (χ3v) is 7.88. The van der Waals surface area contributed by atoms with E-state index in [1.807, 2.05) is 55.5 Å². The van der Waals surface area contributed by atoms with Gasteiger partial charge in [0.1, 0.15) is 10.3 Å². The van der Waals surface area contributed by atoms with Gasteiger partial charge in [-0.25, -0.2) is 4.99 Å². The number of rotatable bonds is 4. The van der Waals surface area contributed by atoms with Crippen LogP contribution in [0, 0.1) is 6.92 Å². The largest absolute Gasteiger partial charge is 0.497 e. The van der Waals surface area contributed by atoms with Crippen molar-refractivity contribution < 1.29 is 14.3 Å². The minimum atomic E-state index is -0.782. The van der Waals surface area contributed by atoms with Crippen LogP contribution >= 0.6 is 11.3 Å². The first-order valence-corrected chi connectivity index (χ1v) is 13.1. The topological polar surface area (TPSA) is 102 Å². The van der Waals surface area contributed by atoms with Gasteiger partial charge < -0.3 is 15.4 Å². The number of methoxy groups -OCH3 is 1. The second-order valence-electron chi connectivity index (χ2n) is 9.38. The number of ether oxygens (including phenoxy) is 1. The summed E-state index contributed by atoms with van der Waals surface area (Å²) in [5.41, 5.74) is 4.38. The Hall–Kier alpha value is -4.76. The standard InChI is InChI=1S/C30H24N4O4S/c1-16-12-13-22-21(14-16)24(28(36)33-22)26-29(37)34-25(18-8-7-11-20(15-18)38-3)23(17(2)31-30(34)39-26)27(35)32-19-9-5-4-6-10-19/h4-15,25H,1-3H3,(H,32,35)(H,33,36)/b26-24-/t25-/m1/s1. The molecule has 194 valence electrons. The molecule has 0 spiro atoms. The van der Waals surface area contributed by atoms with E-state index in [2.05, 4.69) is 15.6 Å². The molecule has 0 aliphatic carbocycles. The van der Waals surface area contributed by atoms with Gasteiger partial charge in [0.05, 0.1) is 30.0 Å². The zero-order valence-electron chi connectivity index (χ0n) is 21.4. The number of benzene rings is 3. The summed E-state index contributed by atoms with van der Waals surface area (Å²) in [6, 6.07) is 21.3. The number of amides is 2. The molecule has 0 saturated heterocycles. The minimum absolute atomic E-state index is 0.279. The smallest absolute Gasteiger partial charge is 0.271 e. The van der Waals surface area contributed by atoms with Crippen LogP contribution in [0.5, 0.6) is 5.75 Å². The van der Waals surface area contributed by atoms with E-state index in [-0.39, 0.29) is 21.9 Å². The molecule has 8 nitrogen and oxygen atoms in total. The average molecular weight is 537 g/mol. The molecule has 1 aromatic heterocycles. The zero-order chi connectivity index (χ0) is 27.3. The first-order chi connectivity index (χ1) is 18.9. The van der Waals surface area contributed by atoms with Crippen LogP contribution in [0.1, 0.15) is 29.7 Å². The number of allylic oxidation sites excluding steroid dienone is 1. The number of carbonyl (C=O) groups excluding carboxylic acids is 2. The number of aryl methyl sites for hydroxylation is 1. The fourth-order valence-corrected chi connectivity index (χ4v) is 6.16. The lowest BCUT2D eigenvalue weighted by atomic mass is 9.95. The number of nitrogens with one attached hydrogen (secondary N) is 2. The van der Waals surface area contributed by atoms with Gasteiger partial charge in [0.25, 0.3) is 17.4 Å². The third-order valence-electron chi connectivity index (χ3n) is 6.83. The first kappa shape index (κ1) is 24.6. The Morgan fingerprint density at radius 2 is 1.82 bits per heavy atom. The highest BCUT2D eigenvalue weighted by Gasteiger charge is 2.34. The van der Waals surface area contributed by atoms with Gasteiger partial charge in [0.15, 0.2) is 4.80 Å². The highest BCUT2D eigenvalue weighted by atomic mass is 32.1. The molecule has 2 N–H and O–H groups in total. The lowest BCUT2D eigenvalue weighted by molar-refractivity contribution is -0.113. The molecule has 39 heavy (non-hydrogen) atoms. The summed E-state index contributed by atoms with van der Waals surface area (Å²) in [7, 11) is 1.56. The summed E-state index contributed by atoms with van der Waals surface area (Å²) < 4.78 is 7.24. The maximum atomic E-state index is 14.1. The van der Waals surface area contributed by atoms with Gasteiger partial charge in [0, 0.05) is 16.9 Å².